The third-order valence-corrected chi connectivity index (χ3v) is 4.36. The highest BCUT2D eigenvalue weighted by Crippen LogP contribution is 2.30. The molecule has 4 heteroatoms. The van der Waals surface area contributed by atoms with Crippen molar-refractivity contribution in [1.29, 1.82) is 0 Å². The van der Waals surface area contributed by atoms with E-state index in [9.17, 15) is 0 Å². The van der Waals surface area contributed by atoms with Gasteiger partial charge in [-0.2, -0.15) is 0 Å². The van der Waals surface area contributed by atoms with E-state index in [0.29, 0.717) is 17.1 Å². The fraction of sp³-hybridized carbons (Fsp3) is 0.467. The lowest BCUT2D eigenvalue weighted by Gasteiger charge is -2.30. The normalized spacial score (nSPS) is 23.5. The van der Waals surface area contributed by atoms with Gasteiger partial charge in [0.05, 0.1) is 0 Å². The largest absolute Gasteiger partial charge is 0.365 e. The lowest BCUT2D eigenvalue weighted by atomic mass is 9.86. The molecule has 0 radical (unpaired) electrons. The number of hydrogen-bond acceptors (Lipinski definition) is 3. The van der Waals surface area contributed by atoms with Crippen LogP contribution in [0, 0.1) is 5.92 Å². The third-order valence-electron chi connectivity index (χ3n) is 4.08. The number of nitrogens with one attached hydrogen (secondary N) is 1. The summed E-state index contributed by atoms with van der Waals surface area (Å²) in [7, 11) is 0. The summed E-state index contributed by atoms with van der Waals surface area (Å²) >= 11 is 6.10. The van der Waals surface area contributed by atoms with Gasteiger partial charge in [0.1, 0.15) is 0 Å². The van der Waals surface area contributed by atoms with Crippen LogP contribution in [0.2, 0.25) is 5.15 Å². The van der Waals surface area contributed by atoms with Crippen molar-refractivity contribution in [3.63, 3.8) is 0 Å². The van der Waals surface area contributed by atoms with Crippen LogP contribution < -0.4 is 5.32 Å². The van der Waals surface area contributed by atoms with Crippen LogP contribution in [-0.2, 0) is 0 Å². The number of nitrogens with zero attached hydrogens (tertiary/aromatic N) is 2. The summed E-state index contributed by atoms with van der Waals surface area (Å²) < 4.78 is 0. The Morgan fingerprint density at radius 1 is 1.11 bits per heavy atom. The fourth-order valence-electron chi connectivity index (χ4n) is 2.88. The van der Waals surface area contributed by atoms with E-state index in [-0.39, 0.29) is 0 Å². The van der Waals surface area contributed by atoms with Gasteiger partial charge in [-0.15, -0.1) is 10.2 Å². The van der Waals surface area contributed by atoms with Gasteiger partial charge < -0.3 is 5.32 Å². The summed E-state index contributed by atoms with van der Waals surface area (Å²) in [4.78, 5) is 0. The zero-order valence-corrected chi connectivity index (χ0v) is 11.8. The average Bonchev–Trinajstić information content (AvgIpc) is 2.44. The standard InChI is InChI=1S/C15H18ClN3/c1-10-6-2-5-9-13(10)17-15-12-8-4-3-7-11(12)14(16)18-19-15/h3-4,7-8,10,13H,2,5-6,9H2,1H3,(H,17,19). The molecule has 1 saturated carbocycles. The predicted octanol–water partition coefficient (Wildman–Crippen LogP) is 4.27. The Labute approximate surface area is 118 Å². The Hall–Kier alpha value is -1.35. The quantitative estimate of drug-likeness (QED) is 0.889. The van der Waals surface area contributed by atoms with Crippen molar-refractivity contribution in [2.45, 2.75) is 38.6 Å². The van der Waals surface area contributed by atoms with Gasteiger partial charge in [0.25, 0.3) is 0 Å². The molecule has 1 aliphatic carbocycles. The van der Waals surface area contributed by atoms with Gasteiger partial charge in [0.2, 0.25) is 0 Å². The zero-order chi connectivity index (χ0) is 13.2. The van der Waals surface area contributed by atoms with Gasteiger partial charge in [-0.25, -0.2) is 0 Å². The number of benzene rings is 1. The van der Waals surface area contributed by atoms with E-state index in [0.717, 1.165) is 16.6 Å². The molecule has 1 aromatic heterocycles. The highest BCUT2D eigenvalue weighted by atomic mass is 35.5. The van der Waals surface area contributed by atoms with Crippen LogP contribution in [0.25, 0.3) is 10.8 Å². The number of anilines is 1. The Kier molecular flexibility index (Phi) is 3.56. The molecule has 1 fully saturated rings. The Bertz CT molecular complexity index is 585. The van der Waals surface area contributed by atoms with E-state index in [2.05, 4.69) is 22.4 Å². The van der Waals surface area contributed by atoms with Crippen molar-refractivity contribution < 1.29 is 0 Å². The van der Waals surface area contributed by atoms with E-state index >= 15 is 0 Å². The molecule has 0 saturated heterocycles. The van der Waals surface area contributed by atoms with E-state index in [1.807, 2.05) is 24.3 Å². The van der Waals surface area contributed by atoms with E-state index in [4.69, 9.17) is 11.6 Å². The van der Waals surface area contributed by atoms with Crippen LogP contribution in [0.3, 0.4) is 0 Å². The fourth-order valence-corrected chi connectivity index (χ4v) is 3.09. The molecule has 1 aromatic carbocycles. The van der Waals surface area contributed by atoms with E-state index < -0.39 is 0 Å². The summed E-state index contributed by atoms with van der Waals surface area (Å²) in [5, 5.41) is 14.4. The molecule has 0 spiro atoms. The third kappa shape index (κ3) is 2.52. The molecule has 3 rings (SSSR count). The Balaban J connectivity index is 1.94. The maximum absolute atomic E-state index is 6.10. The molecular weight excluding hydrogens is 258 g/mol. The average molecular weight is 276 g/mol. The first kappa shape index (κ1) is 12.7. The number of halogens is 1. The SMILES string of the molecule is CC1CCCCC1Nc1nnc(Cl)c2ccccc12. The minimum absolute atomic E-state index is 0.470. The molecule has 0 aliphatic heterocycles. The first-order chi connectivity index (χ1) is 9.25. The second-order valence-corrected chi connectivity index (χ2v) is 5.76. The van der Waals surface area contributed by atoms with Gasteiger partial charge in [-0.3, -0.25) is 0 Å². The number of aromatic nitrogens is 2. The molecule has 3 nitrogen and oxygen atoms in total. The van der Waals surface area contributed by atoms with Crippen LogP contribution in [0.1, 0.15) is 32.6 Å². The van der Waals surface area contributed by atoms with Crippen LogP contribution in [0.15, 0.2) is 24.3 Å². The summed E-state index contributed by atoms with van der Waals surface area (Å²) in [6, 6.07) is 8.51. The van der Waals surface area contributed by atoms with Crippen molar-refractivity contribution in [3.8, 4) is 0 Å². The van der Waals surface area contributed by atoms with Gasteiger partial charge >= 0.3 is 0 Å². The van der Waals surface area contributed by atoms with Crippen molar-refractivity contribution >= 4 is 28.2 Å². The van der Waals surface area contributed by atoms with E-state index in [1.165, 1.54) is 25.7 Å². The molecule has 1 heterocycles. The van der Waals surface area contributed by atoms with Gasteiger partial charge in [-0.05, 0) is 18.8 Å². The minimum Gasteiger partial charge on any atom is -0.365 e. The lowest BCUT2D eigenvalue weighted by Crippen LogP contribution is -2.30. The molecule has 19 heavy (non-hydrogen) atoms. The summed E-state index contributed by atoms with van der Waals surface area (Å²) in [5.74, 6) is 1.55. The summed E-state index contributed by atoms with van der Waals surface area (Å²) in [5.41, 5.74) is 0. The van der Waals surface area contributed by atoms with Crippen molar-refractivity contribution in [2.24, 2.45) is 5.92 Å². The van der Waals surface area contributed by atoms with Crippen LogP contribution in [0.5, 0.6) is 0 Å². The molecule has 2 atom stereocenters. The molecule has 100 valence electrons. The summed E-state index contributed by atoms with van der Waals surface area (Å²) in [6.07, 6.45) is 5.13. The molecule has 0 amide bonds. The minimum atomic E-state index is 0.470. The molecule has 0 bridgehead atoms. The highest BCUT2D eigenvalue weighted by molar-refractivity contribution is 6.34. The maximum Gasteiger partial charge on any atom is 0.159 e. The molecule has 1 N–H and O–H groups in total. The lowest BCUT2D eigenvalue weighted by molar-refractivity contribution is 0.349. The van der Waals surface area contributed by atoms with Crippen LogP contribution in [0.4, 0.5) is 5.82 Å². The maximum atomic E-state index is 6.10. The van der Waals surface area contributed by atoms with Gasteiger partial charge in [0.15, 0.2) is 11.0 Å². The molecule has 2 aromatic rings. The smallest absolute Gasteiger partial charge is 0.159 e. The van der Waals surface area contributed by atoms with Crippen LogP contribution in [-0.4, -0.2) is 16.2 Å². The first-order valence-corrected chi connectivity index (χ1v) is 7.31. The predicted molar refractivity (Wildman–Crippen MR) is 79.6 cm³/mol. The van der Waals surface area contributed by atoms with Gasteiger partial charge in [0, 0.05) is 16.8 Å². The molecule has 2 unspecified atom stereocenters. The second kappa shape index (κ2) is 5.33. The van der Waals surface area contributed by atoms with Crippen molar-refractivity contribution in [1.82, 2.24) is 10.2 Å². The Morgan fingerprint density at radius 3 is 2.63 bits per heavy atom. The zero-order valence-electron chi connectivity index (χ0n) is 11.1. The van der Waals surface area contributed by atoms with E-state index in [1.54, 1.807) is 0 Å². The first-order valence-electron chi connectivity index (χ1n) is 6.93. The molecular formula is C15H18ClN3. The number of fused-ring (bicyclic) bond motifs is 1. The monoisotopic (exact) mass is 275 g/mol. The van der Waals surface area contributed by atoms with Crippen molar-refractivity contribution in [2.75, 3.05) is 5.32 Å². The number of hydrogen-bond donors (Lipinski definition) is 1. The number of rotatable bonds is 2. The Morgan fingerprint density at radius 2 is 1.84 bits per heavy atom. The van der Waals surface area contributed by atoms with Crippen molar-refractivity contribution in [3.05, 3.63) is 29.4 Å². The second-order valence-electron chi connectivity index (χ2n) is 5.40. The van der Waals surface area contributed by atoms with Crippen LogP contribution >= 0.6 is 11.6 Å². The van der Waals surface area contributed by atoms with Gasteiger partial charge in [-0.1, -0.05) is 55.6 Å². The topological polar surface area (TPSA) is 37.8 Å². The summed E-state index contributed by atoms with van der Waals surface area (Å²) in [6.45, 7) is 2.31. The molecule has 1 aliphatic rings. The highest BCUT2D eigenvalue weighted by Gasteiger charge is 2.22.